The van der Waals surface area contributed by atoms with Gasteiger partial charge in [0, 0.05) is 12.1 Å². The molecule has 1 aromatic rings. The van der Waals surface area contributed by atoms with Gasteiger partial charge < -0.3 is 11.5 Å². The first kappa shape index (κ1) is 12.4. The normalized spacial score (nSPS) is 13.4. The minimum atomic E-state index is -1.59. The number of para-hydroxylation sites is 1. The molecule has 0 spiro atoms. The highest BCUT2D eigenvalue weighted by atomic mass is 32.2. The average Bonchev–Trinajstić information content (AvgIpc) is 2.16. The minimum Gasteiger partial charge on any atom is -0.402 e. The first-order chi connectivity index (χ1) is 7.50. The van der Waals surface area contributed by atoms with Gasteiger partial charge in [-0.1, -0.05) is 18.7 Å². The van der Waals surface area contributed by atoms with Crippen LogP contribution in [0, 0.1) is 0 Å². The van der Waals surface area contributed by atoms with Crippen LogP contribution in [0.4, 0.5) is 5.69 Å². The molecule has 0 aromatic heterocycles. The number of aliphatic imine (C=N–C) groups is 1. The lowest BCUT2D eigenvalue weighted by Gasteiger charge is -2.03. The molecule has 6 N–H and O–H groups in total. The van der Waals surface area contributed by atoms with Crippen LogP contribution in [0.3, 0.4) is 0 Å². The molecule has 0 fully saturated rings. The van der Waals surface area contributed by atoms with Crippen LogP contribution in [0.15, 0.2) is 46.4 Å². The fraction of sp³-hybridized carbons (Fsp3) is 0.100. The third-order valence-electron chi connectivity index (χ3n) is 1.75. The molecule has 5 nitrogen and oxygen atoms in total. The highest BCUT2D eigenvalue weighted by Gasteiger charge is 2.05. The van der Waals surface area contributed by atoms with Gasteiger partial charge in [0.2, 0.25) is 0 Å². The molecule has 0 saturated heterocycles. The summed E-state index contributed by atoms with van der Waals surface area (Å²) in [5.41, 5.74) is 12.0. The minimum absolute atomic E-state index is 0.297. The maximum absolute atomic E-state index is 11.2. The Morgan fingerprint density at radius 1 is 1.38 bits per heavy atom. The molecule has 16 heavy (non-hydrogen) atoms. The fourth-order valence-electron chi connectivity index (χ4n) is 1.15. The summed E-state index contributed by atoms with van der Waals surface area (Å²) in [6.07, 6.45) is 0.297. The zero-order valence-corrected chi connectivity index (χ0v) is 9.54. The number of hydrogen-bond donors (Lipinski definition) is 3. The largest absolute Gasteiger partial charge is 0.402 e. The van der Waals surface area contributed by atoms with Crippen LogP contribution in [0.25, 0.3) is 0 Å². The van der Waals surface area contributed by atoms with Gasteiger partial charge in [0.1, 0.15) is 16.8 Å². The lowest BCUT2D eigenvalue weighted by molar-refractivity contribution is 0.684. The van der Waals surface area contributed by atoms with E-state index in [9.17, 15) is 4.21 Å². The first-order valence-electron chi connectivity index (χ1n) is 4.52. The van der Waals surface area contributed by atoms with E-state index in [4.69, 9.17) is 16.6 Å². The molecular formula is C10H14N4OS. The van der Waals surface area contributed by atoms with Gasteiger partial charge in [-0.3, -0.25) is 0 Å². The maximum atomic E-state index is 11.2. The van der Waals surface area contributed by atoms with Crippen LogP contribution >= 0.6 is 0 Å². The van der Waals surface area contributed by atoms with Crippen molar-refractivity contribution < 1.29 is 4.21 Å². The number of amidine groups is 1. The van der Waals surface area contributed by atoms with E-state index >= 15 is 0 Å². The Kier molecular flexibility index (Phi) is 4.21. The van der Waals surface area contributed by atoms with Crippen LogP contribution < -0.4 is 16.6 Å². The van der Waals surface area contributed by atoms with Crippen molar-refractivity contribution in [3.63, 3.8) is 0 Å². The molecule has 0 aliphatic rings. The summed E-state index contributed by atoms with van der Waals surface area (Å²) in [7, 11) is -1.59. The van der Waals surface area contributed by atoms with E-state index in [1.165, 1.54) is 0 Å². The van der Waals surface area contributed by atoms with Crippen molar-refractivity contribution in [3.05, 3.63) is 36.5 Å². The predicted octanol–water partition coefficient (Wildman–Crippen LogP) is 0.519. The Hall–Kier alpha value is -1.66. The molecule has 0 amide bonds. The number of nitrogens with zero attached hydrogens (tertiary/aromatic N) is 1. The number of nitrogens with two attached hydrogens (primary N) is 3. The highest BCUT2D eigenvalue weighted by Crippen LogP contribution is 2.20. The number of hydrogen-bond acceptors (Lipinski definition) is 3. The Labute approximate surface area is 96.6 Å². The molecule has 1 rings (SSSR count). The zero-order valence-electron chi connectivity index (χ0n) is 8.72. The number of rotatable bonds is 4. The first-order valence-corrected chi connectivity index (χ1v) is 5.73. The predicted molar refractivity (Wildman–Crippen MR) is 66.3 cm³/mol. The van der Waals surface area contributed by atoms with Crippen molar-refractivity contribution in [2.24, 2.45) is 21.6 Å². The molecule has 1 unspecified atom stereocenters. The SMILES string of the molecule is C=C(N)CC(N)=Nc1ccccc1S(N)=O. The average molecular weight is 238 g/mol. The maximum Gasteiger partial charge on any atom is 0.124 e. The van der Waals surface area contributed by atoms with Crippen LogP contribution in [0.1, 0.15) is 6.42 Å². The summed E-state index contributed by atoms with van der Waals surface area (Å²) >= 11 is 0. The molecule has 0 heterocycles. The third kappa shape index (κ3) is 3.48. The van der Waals surface area contributed by atoms with Gasteiger partial charge in [-0.25, -0.2) is 14.3 Å². The summed E-state index contributed by atoms with van der Waals surface area (Å²) in [4.78, 5) is 4.54. The Balaban J connectivity index is 3.04. The van der Waals surface area contributed by atoms with Gasteiger partial charge >= 0.3 is 0 Å². The Bertz CT molecular complexity index is 456. The molecule has 86 valence electrons. The zero-order chi connectivity index (χ0) is 12.1. The summed E-state index contributed by atoms with van der Waals surface area (Å²) in [6, 6.07) is 6.82. The fourth-order valence-corrected chi connectivity index (χ4v) is 1.68. The molecule has 1 aromatic carbocycles. The van der Waals surface area contributed by atoms with Crippen LogP contribution in [-0.2, 0) is 11.0 Å². The smallest absolute Gasteiger partial charge is 0.124 e. The van der Waals surface area contributed by atoms with Gasteiger partial charge in [0.15, 0.2) is 0 Å². The molecule has 0 radical (unpaired) electrons. The van der Waals surface area contributed by atoms with Gasteiger partial charge in [-0.05, 0) is 12.1 Å². The van der Waals surface area contributed by atoms with E-state index in [0.29, 0.717) is 28.5 Å². The van der Waals surface area contributed by atoms with E-state index < -0.39 is 11.0 Å². The van der Waals surface area contributed by atoms with Crippen LogP contribution in [0.2, 0.25) is 0 Å². The van der Waals surface area contributed by atoms with Gasteiger partial charge in [0.05, 0.1) is 10.6 Å². The third-order valence-corrected chi connectivity index (χ3v) is 2.53. The van der Waals surface area contributed by atoms with E-state index in [0.717, 1.165) is 0 Å². The molecule has 0 saturated carbocycles. The molecule has 1 atom stereocenters. The van der Waals surface area contributed by atoms with Gasteiger partial charge in [-0.2, -0.15) is 0 Å². The topological polar surface area (TPSA) is 107 Å². The summed E-state index contributed by atoms with van der Waals surface area (Å²) in [5.74, 6) is 0.311. The molecule has 6 heteroatoms. The standard InChI is InChI=1S/C10H14N4OS/c1-7(11)6-10(12)14-8-4-2-3-5-9(8)16(13)15/h2-5H,1,6,11,13H2,(H2,12,14). The van der Waals surface area contributed by atoms with E-state index in [1.54, 1.807) is 24.3 Å². The van der Waals surface area contributed by atoms with Crippen molar-refractivity contribution >= 4 is 22.5 Å². The Morgan fingerprint density at radius 2 is 2.00 bits per heavy atom. The van der Waals surface area contributed by atoms with Crippen molar-refractivity contribution in [2.75, 3.05) is 0 Å². The monoisotopic (exact) mass is 238 g/mol. The van der Waals surface area contributed by atoms with Crippen molar-refractivity contribution in [3.8, 4) is 0 Å². The van der Waals surface area contributed by atoms with E-state index in [2.05, 4.69) is 11.6 Å². The Morgan fingerprint density at radius 3 is 2.56 bits per heavy atom. The van der Waals surface area contributed by atoms with Crippen molar-refractivity contribution in [2.45, 2.75) is 11.3 Å². The lowest BCUT2D eigenvalue weighted by atomic mass is 10.3. The van der Waals surface area contributed by atoms with Gasteiger partial charge in [-0.15, -0.1) is 0 Å². The summed E-state index contributed by atoms with van der Waals surface area (Å²) in [6.45, 7) is 3.53. The van der Waals surface area contributed by atoms with Crippen LogP contribution in [0.5, 0.6) is 0 Å². The summed E-state index contributed by atoms with van der Waals surface area (Å²) in [5, 5.41) is 5.31. The highest BCUT2D eigenvalue weighted by molar-refractivity contribution is 7.82. The second kappa shape index (κ2) is 5.43. The molecular weight excluding hydrogens is 224 g/mol. The quantitative estimate of drug-likeness (QED) is 0.525. The van der Waals surface area contributed by atoms with Crippen molar-refractivity contribution in [1.29, 1.82) is 0 Å². The second-order valence-electron chi connectivity index (χ2n) is 3.20. The summed E-state index contributed by atoms with van der Waals surface area (Å²) < 4.78 is 11.2. The number of benzene rings is 1. The lowest BCUT2D eigenvalue weighted by Crippen LogP contribution is -2.15. The molecule has 0 aliphatic carbocycles. The second-order valence-corrected chi connectivity index (χ2v) is 4.24. The van der Waals surface area contributed by atoms with E-state index in [1.807, 2.05) is 0 Å². The molecule has 0 bridgehead atoms. The van der Waals surface area contributed by atoms with E-state index in [-0.39, 0.29) is 0 Å². The molecule has 0 aliphatic heterocycles. The van der Waals surface area contributed by atoms with Crippen molar-refractivity contribution in [1.82, 2.24) is 0 Å². The van der Waals surface area contributed by atoms with Gasteiger partial charge in [0.25, 0.3) is 0 Å². The van der Waals surface area contributed by atoms with Crippen LogP contribution in [-0.4, -0.2) is 10.0 Å².